The van der Waals surface area contributed by atoms with Crippen LogP contribution in [0.25, 0.3) is 73.5 Å². The molecule has 0 saturated carbocycles. The zero-order chi connectivity index (χ0) is 27.5. The van der Waals surface area contributed by atoms with Crippen LogP contribution >= 0.6 is 34.0 Å². The normalized spacial score (nSPS) is 11.6. The third-order valence-corrected chi connectivity index (χ3v) is 10.2. The van der Waals surface area contributed by atoms with E-state index in [0.717, 1.165) is 56.8 Å². The second kappa shape index (κ2) is 9.49. The van der Waals surface area contributed by atoms with Crippen LogP contribution in [-0.2, 0) is 0 Å². The lowest BCUT2D eigenvalue weighted by Gasteiger charge is -2.12. The highest BCUT2D eigenvalue weighted by atomic mass is 32.1. The lowest BCUT2D eigenvalue weighted by atomic mass is 9.97. The number of fused-ring (bicyclic) bond motifs is 3. The first kappa shape index (κ1) is 24.2. The number of nitrogens with zero attached hydrogens (tertiary/aromatic N) is 3. The lowest BCUT2D eigenvalue weighted by Crippen LogP contribution is -1.88. The van der Waals surface area contributed by atoms with Crippen molar-refractivity contribution in [1.29, 1.82) is 0 Å². The fourth-order valence-corrected chi connectivity index (χ4v) is 7.93. The molecule has 0 atom stereocenters. The Hall–Kier alpha value is -4.63. The van der Waals surface area contributed by atoms with Gasteiger partial charge in [-0.25, -0.2) is 15.0 Å². The zero-order valence-corrected chi connectivity index (χ0v) is 23.7. The molecule has 0 aliphatic rings. The molecule has 0 aliphatic carbocycles. The number of phenols is 2. The molecule has 0 unspecified atom stereocenters. The van der Waals surface area contributed by atoms with E-state index in [1.807, 2.05) is 97.1 Å². The van der Waals surface area contributed by atoms with Crippen molar-refractivity contribution < 1.29 is 10.2 Å². The molecule has 8 heteroatoms. The molecule has 5 nitrogen and oxygen atoms in total. The van der Waals surface area contributed by atoms with Gasteiger partial charge >= 0.3 is 0 Å². The SMILES string of the molecule is Oc1ccc(-c2cc(-c3nc4ccccc4s3)c(O)c(-c3nc4ccccc4s3)c2)cc1-c1nc2ccccc2s1. The van der Waals surface area contributed by atoms with Gasteiger partial charge in [-0.3, -0.25) is 0 Å². The van der Waals surface area contributed by atoms with Gasteiger partial charge in [-0.05, 0) is 71.8 Å². The molecule has 0 spiro atoms. The molecule has 0 radical (unpaired) electrons. The van der Waals surface area contributed by atoms with E-state index in [1.54, 1.807) is 40.1 Å². The summed E-state index contributed by atoms with van der Waals surface area (Å²) in [4.78, 5) is 14.5. The maximum absolute atomic E-state index is 11.7. The van der Waals surface area contributed by atoms with E-state index in [9.17, 15) is 10.2 Å². The highest BCUT2D eigenvalue weighted by molar-refractivity contribution is 7.22. The molecular formula is C33H19N3O2S3. The minimum absolute atomic E-state index is 0.150. The first-order chi connectivity index (χ1) is 20.1. The lowest BCUT2D eigenvalue weighted by molar-refractivity contribution is 0.477. The topological polar surface area (TPSA) is 79.1 Å². The highest BCUT2D eigenvalue weighted by Crippen LogP contribution is 2.46. The monoisotopic (exact) mass is 585 g/mol. The number of hydrogen-bond acceptors (Lipinski definition) is 8. The number of benzene rings is 5. The van der Waals surface area contributed by atoms with E-state index in [0.29, 0.717) is 16.7 Å². The van der Waals surface area contributed by atoms with Gasteiger partial charge < -0.3 is 10.2 Å². The number of para-hydroxylation sites is 3. The molecular weight excluding hydrogens is 567 g/mol. The predicted molar refractivity (Wildman–Crippen MR) is 171 cm³/mol. The van der Waals surface area contributed by atoms with Crippen LogP contribution < -0.4 is 0 Å². The van der Waals surface area contributed by atoms with Crippen molar-refractivity contribution in [3.8, 4) is 54.3 Å². The van der Waals surface area contributed by atoms with Crippen LogP contribution in [0.3, 0.4) is 0 Å². The first-order valence-corrected chi connectivity index (χ1v) is 15.3. The van der Waals surface area contributed by atoms with Gasteiger partial charge in [0.1, 0.15) is 26.5 Å². The van der Waals surface area contributed by atoms with E-state index in [-0.39, 0.29) is 11.5 Å². The molecule has 3 aromatic heterocycles. The van der Waals surface area contributed by atoms with Crippen LogP contribution in [0.1, 0.15) is 0 Å². The Morgan fingerprint density at radius 2 is 0.854 bits per heavy atom. The van der Waals surface area contributed by atoms with Gasteiger partial charge in [0.25, 0.3) is 0 Å². The third kappa shape index (κ3) is 4.15. The van der Waals surface area contributed by atoms with Gasteiger partial charge in [0.15, 0.2) is 0 Å². The number of hydrogen-bond donors (Lipinski definition) is 2. The summed E-state index contributed by atoms with van der Waals surface area (Å²) in [7, 11) is 0. The quantitative estimate of drug-likeness (QED) is 0.215. The standard InChI is InChI=1S/C33H19N3O2S3/c37-26-14-13-18(15-20(26)31-34-23-7-1-4-10-27(23)39-31)19-16-21(32-35-24-8-2-5-11-28(24)40-32)30(38)22(17-19)33-36-25-9-3-6-12-29(25)41-33/h1-17,37-38H. The van der Waals surface area contributed by atoms with Crippen LogP contribution in [0.4, 0.5) is 0 Å². The van der Waals surface area contributed by atoms with Crippen LogP contribution in [0.2, 0.25) is 0 Å². The molecule has 0 fully saturated rings. The molecule has 3 heterocycles. The van der Waals surface area contributed by atoms with Gasteiger partial charge in [0, 0.05) is 0 Å². The fourth-order valence-electron chi connectivity index (χ4n) is 4.98. The Morgan fingerprint density at radius 1 is 0.439 bits per heavy atom. The second-order valence-corrected chi connectivity index (χ2v) is 12.7. The fraction of sp³-hybridized carbons (Fsp3) is 0. The van der Waals surface area contributed by atoms with Crippen LogP contribution in [0.15, 0.2) is 103 Å². The van der Waals surface area contributed by atoms with E-state index >= 15 is 0 Å². The average Bonchev–Trinajstić information content (AvgIpc) is 3.73. The van der Waals surface area contributed by atoms with Gasteiger partial charge in [0.2, 0.25) is 0 Å². The summed E-state index contributed by atoms with van der Waals surface area (Å²) < 4.78 is 3.17. The van der Waals surface area contributed by atoms with Gasteiger partial charge in [-0.15, -0.1) is 34.0 Å². The Kier molecular flexibility index (Phi) is 5.60. The predicted octanol–water partition coefficient (Wildman–Crippen LogP) is 9.59. The van der Waals surface area contributed by atoms with E-state index in [2.05, 4.69) is 0 Å². The zero-order valence-electron chi connectivity index (χ0n) is 21.3. The van der Waals surface area contributed by atoms with E-state index < -0.39 is 0 Å². The van der Waals surface area contributed by atoms with Crippen molar-refractivity contribution in [3.63, 3.8) is 0 Å². The van der Waals surface area contributed by atoms with Crippen molar-refractivity contribution in [3.05, 3.63) is 103 Å². The molecule has 0 bridgehead atoms. The molecule has 8 rings (SSSR count). The minimum Gasteiger partial charge on any atom is -0.507 e. The Bertz CT molecular complexity index is 2070. The summed E-state index contributed by atoms with van der Waals surface area (Å²) >= 11 is 4.64. The summed E-state index contributed by atoms with van der Waals surface area (Å²) in [5, 5.41) is 24.7. The Morgan fingerprint density at radius 3 is 1.32 bits per heavy atom. The Balaban J connectivity index is 1.34. The number of aromatic nitrogens is 3. The van der Waals surface area contributed by atoms with Crippen molar-refractivity contribution in [2.75, 3.05) is 0 Å². The smallest absolute Gasteiger partial charge is 0.136 e. The van der Waals surface area contributed by atoms with Gasteiger partial charge in [0.05, 0.1) is 47.3 Å². The molecule has 0 saturated heterocycles. The molecule has 5 aromatic carbocycles. The van der Waals surface area contributed by atoms with Crippen LogP contribution in [-0.4, -0.2) is 25.2 Å². The number of aromatic hydroxyl groups is 2. The number of thiazole rings is 3. The van der Waals surface area contributed by atoms with Crippen LogP contribution in [0.5, 0.6) is 11.5 Å². The average molecular weight is 586 g/mol. The summed E-state index contributed by atoms with van der Waals surface area (Å²) in [6, 6.07) is 33.4. The summed E-state index contributed by atoms with van der Waals surface area (Å²) in [6.07, 6.45) is 0. The van der Waals surface area contributed by atoms with Crippen molar-refractivity contribution in [2.45, 2.75) is 0 Å². The first-order valence-electron chi connectivity index (χ1n) is 12.9. The van der Waals surface area contributed by atoms with Gasteiger partial charge in [-0.1, -0.05) is 42.5 Å². The maximum atomic E-state index is 11.7. The van der Waals surface area contributed by atoms with Crippen molar-refractivity contribution in [1.82, 2.24) is 15.0 Å². The third-order valence-electron chi connectivity index (χ3n) is 7.01. The van der Waals surface area contributed by atoms with Crippen molar-refractivity contribution >= 4 is 64.7 Å². The number of phenolic OH excluding ortho intramolecular Hbond substituents is 2. The molecule has 2 N–H and O–H groups in total. The molecule has 8 aromatic rings. The van der Waals surface area contributed by atoms with Crippen LogP contribution in [0, 0.1) is 0 Å². The summed E-state index contributed by atoms with van der Waals surface area (Å²) in [5.74, 6) is 0.321. The van der Waals surface area contributed by atoms with Crippen molar-refractivity contribution in [2.24, 2.45) is 0 Å². The van der Waals surface area contributed by atoms with E-state index in [4.69, 9.17) is 15.0 Å². The second-order valence-electron chi connectivity index (χ2n) is 9.61. The Labute approximate surface area is 246 Å². The highest BCUT2D eigenvalue weighted by Gasteiger charge is 2.21. The minimum atomic E-state index is 0.150. The van der Waals surface area contributed by atoms with E-state index in [1.165, 1.54) is 0 Å². The van der Waals surface area contributed by atoms with Gasteiger partial charge in [-0.2, -0.15) is 0 Å². The summed E-state index contributed by atoms with van der Waals surface area (Å²) in [6.45, 7) is 0. The maximum Gasteiger partial charge on any atom is 0.136 e. The largest absolute Gasteiger partial charge is 0.507 e. The number of rotatable bonds is 4. The molecule has 0 aliphatic heterocycles. The molecule has 0 amide bonds. The summed E-state index contributed by atoms with van der Waals surface area (Å²) in [5.41, 5.74) is 6.41. The molecule has 41 heavy (non-hydrogen) atoms. The molecule has 196 valence electrons.